The Labute approximate surface area is 151 Å². The smallest absolute Gasteiger partial charge is 0.321 e. The average molecular weight is 348 g/mol. The number of carbonyl (C=O) groups excluding carboxylic acids is 1. The highest BCUT2D eigenvalue weighted by Gasteiger charge is 2.22. The Bertz CT molecular complexity index is 856. The molecule has 1 aliphatic rings. The van der Waals surface area contributed by atoms with E-state index in [4.69, 9.17) is 0 Å². The normalized spacial score (nSPS) is 14.3. The molecule has 0 unspecified atom stereocenters. The van der Waals surface area contributed by atoms with Crippen molar-refractivity contribution in [2.75, 3.05) is 36.4 Å². The van der Waals surface area contributed by atoms with Crippen molar-refractivity contribution in [1.82, 2.24) is 20.1 Å². The fraction of sp³-hybridized carbons (Fsp3) is 0.211. The van der Waals surface area contributed by atoms with Gasteiger partial charge in [-0.2, -0.15) is 5.10 Å². The van der Waals surface area contributed by atoms with Crippen LogP contribution in [0.5, 0.6) is 0 Å². The third-order valence-electron chi connectivity index (χ3n) is 4.47. The zero-order valence-electron chi connectivity index (χ0n) is 14.3. The van der Waals surface area contributed by atoms with Gasteiger partial charge in [-0.3, -0.25) is 10.1 Å². The molecule has 26 heavy (non-hydrogen) atoms. The van der Waals surface area contributed by atoms with E-state index < -0.39 is 0 Å². The van der Waals surface area contributed by atoms with Gasteiger partial charge in [0.1, 0.15) is 0 Å². The van der Waals surface area contributed by atoms with Crippen LogP contribution in [0.25, 0.3) is 11.3 Å². The highest BCUT2D eigenvalue weighted by Crippen LogP contribution is 2.22. The minimum atomic E-state index is -0.0599. The number of urea groups is 1. The first-order valence-corrected chi connectivity index (χ1v) is 8.61. The predicted molar refractivity (Wildman–Crippen MR) is 101 cm³/mol. The Morgan fingerprint density at radius 2 is 1.73 bits per heavy atom. The van der Waals surface area contributed by atoms with Gasteiger partial charge in [-0.25, -0.2) is 4.79 Å². The minimum absolute atomic E-state index is 0.0599. The van der Waals surface area contributed by atoms with Crippen LogP contribution in [0, 0.1) is 0 Å². The average Bonchev–Trinajstić information content (AvgIpc) is 3.20. The number of benzene rings is 1. The van der Waals surface area contributed by atoms with E-state index in [2.05, 4.69) is 25.4 Å². The Morgan fingerprint density at radius 3 is 2.46 bits per heavy atom. The van der Waals surface area contributed by atoms with E-state index in [0.717, 1.165) is 35.9 Å². The maximum atomic E-state index is 12.4. The van der Waals surface area contributed by atoms with E-state index in [1.165, 1.54) is 0 Å². The monoisotopic (exact) mass is 348 g/mol. The summed E-state index contributed by atoms with van der Waals surface area (Å²) in [6.45, 7) is 2.83. The largest absolute Gasteiger partial charge is 0.352 e. The first kappa shape index (κ1) is 16.1. The maximum Gasteiger partial charge on any atom is 0.321 e. The van der Waals surface area contributed by atoms with Crippen LogP contribution < -0.4 is 10.2 Å². The molecule has 0 radical (unpaired) electrons. The van der Waals surface area contributed by atoms with Gasteiger partial charge in [-0.1, -0.05) is 18.2 Å². The Balaban J connectivity index is 1.35. The third kappa shape index (κ3) is 3.51. The number of para-hydroxylation sites is 1. The van der Waals surface area contributed by atoms with E-state index in [-0.39, 0.29) is 6.03 Å². The second-order valence-electron chi connectivity index (χ2n) is 6.15. The Kier molecular flexibility index (Phi) is 4.51. The fourth-order valence-electron chi connectivity index (χ4n) is 3.02. The Hall–Kier alpha value is -3.35. The Morgan fingerprint density at radius 1 is 1.00 bits per heavy atom. The van der Waals surface area contributed by atoms with Gasteiger partial charge in [0.25, 0.3) is 0 Å². The molecule has 3 aromatic rings. The molecule has 7 heteroatoms. The van der Waals surface area contributed by atoms with E-state index in [0.29, 0.717) is 13.1 Å². The number of aromatic nitrogens is 3. The van der Waals surface area contributed by atoms with E-state index >= 15 is 0 Å². The summed E-state index contributed by atoms with van der Waals surface area (Å²) >= 11 is 0. The number of aromatic amines is 1. The zero-order valence-corrected chi connectivity index (χ0v) is 14.3. The molecule has 0 atom stereocenters. The lowest BCUT2D eigenvalue weighted by Crippen LogP contribution is -2.50. The van der Waals surface area contributed by atoms with Gasteiger partial charge in [0.2, 0.25) is 0 Å². The fourth-order valence-corrected chi connectivity index (χ4v) is 3.02. The van der Waals surface area contributed by atoms with Crippen LogP contribution in [0.15, 0.2) is 60.9 Å². The molecule has 0 saturated carbocycles. The number of nitrogens with one attached hydrogen (secondary N) is 2. The maximum absolute atomic E-state index is 12.4. The lowest BCUT2D eigenvalue weighted by atomic mass is 10.2. The summed E-state index contributed by atoms with van der Waals surface area (Å²) in [7, 11) is 0. The summed E-state index contributed by atoms with van der Waals surface area (Å²) in [6.07, 6.45) is 3.53. The van der Waals surface area contributed by atoms with E-state index in [9.17, 15) is 4.79 Å². The zero-order chi connectivity index (χ0) is 17.8. The number of rotatable bonds is 3. The van der Waals surface area contributed by atoms with Crippen molar-refractivity contribution in [3.05, 3.63) is 60.9 Å². The predicted octanol–water partition coefficient (Wildman–Crippen LogP) is 2.83. The minimum Gasteiger partial charge on any atom is -0.352 e. The standard InChI is InChI=1S/C19H20N6O/c26-19(21-16-4-2-1-3-5-16)25-12-10-24(11-13-25)18-14-17(22-23-18)15-6-8-20-9-7-15/h1-9,14H,10-13H2,(H,21,26)(H,22,23). The summed E-state index contributed by atoms with van der Waals surface area (Å²) in [5, 5.41) is 10.4. The summed E-state index contributed by atoms with van der Waals surface area (Å²) in [4.78, 5) is 20.4. The van der Waals surface area contributed by atoms with Crippen LogP contribution >= 0.6 is 0 Å². The summed E-state index contributed by atoms with van der Waals surface area (Å²) in [6, 6.07) is 15.4. The molecule has 132 valence electrons. The quantitative estimate of drug-likeness (QED) is 0.763. The van der Waals surface area contributed by atoms with Crippen molar-refractivity contribution in [3.63, 3.8) is 0 Å². The van der Waals surface area contributed by atoms with E-state index in [1.54, 1.807) is 12.4 Å². The van der Waals surface area contributed by atoms with Gasteiger partial charge in [0.05, 0.1) is 5.69 Å². The topological polar surface area (TPSA) is 77.2 Å². The molecule has 0 aliphatic carbocycles. The molecule has 1 aliphatic heterocycles. The first-order valence-electron chi connectivity index (χ1n) is 8.61. The van der Waals surface area contributed by atoms with Gasteiger partial charge >= 0.3 is 6.03 Å². The molecular weight excluding hydrogens is 328 g/mol. The number of nitrogens with zero attached hydrogens (tertiary/aromatic N) is 4. The van der Waals surface area contributed by atoms with Crippen LogP contribution in [0.3, 0.4) is 0 Å². The van der Waals surface area contributed by atoms with Crippen molar-refractivity contribution >= 4 is 17.5 Å². The van der Waals surface area contributed by atoms with Gasteiger partial charge in [0.15, 0.2) is 5.82 Å². The van der Waals surface area contributed by atoms with Gasteiger partial charge in [0, 0.05) is 55.9 Å². The van der Waals surface area contributed by atoms with Gasteiger partial charge < -0.3 is 15.1 Å². The molecule has 4 rings (SSSR count). The molecule has 2 N–H and O–H groups in total. The number of hydrogen-bond acceptors (Lipinski definition) is 4. The van der Waals surface area contributed by atoms with Crippen molar-refractivity contribution < 1.29 is 4.79 Å². The number of pyridine rings is 1. The van der Waals surface area contributed by atoms with Crippen LogP contribution in [0.2, 0.25) is 0 Å². The van der Waals surface area contributed by atoms with Crippen LogP contribution in [-0.4, -0.2) is 52.3 Å². The molecule has 0 spiro atoms. The number of hydrogen-bond donors (Lipinski definition) is 2. The van der Waals surface area contributed by atoms with E-state index in [1.807, 2.05) is 53.4 Å². The van der Waals surface area contributed by atoms with Gasteiger partial charge in [-0.05, 0) is 24.3 Å². The molecule has 1 fully saturated rings. The van der Waals surface area contributed by atoms with Crippen LogP contribution in [0.1, 0.15) is 0 Å². The molecule has 0 bridgehead atoms. The molecule has 2 aromatic heterocycles. The van der Waals surface area contributed by atoms with Crippen LogP contribution in [-0.2, 0) is 0 Å². The number of piperazine rings is 1. The number of anilines is 2. The summed E-state index contributed by atoms with van der Waals surface area (Å²) in [5.74, 6) is 0.903. The second-order valence-corrected chi connectivity index (χ2v) is 6.15. The SMILES string of the molecule is O=C(Nc1ccccc1)N1CCN(c2cc(-c3ccncc3)[nH]n2)CC1. The van der Waals surface area contributed by atoms with Crippen molar-refractivity contribution in [1.29, 1.82) is 0 Å². The molecule has 3 heterocycles. The summed E-state index contributed by atoms with van der Waals surface area (Å²) in [5.41, 5.74) is 2.83. The first-order chi connectivity index (χ1) is 12.8. The number of H-pyrrole nitrogens is 1. The third-order valence-corrected chi connectivity index (χ3v) is 4.47. The molecule has 1 saturated heterocycles. The van der Waals surface area contributed by atoms with Crippen LogP contribution in [0.4, 0.5) is 16.3 Å². The second kappa shape index (κ2) is 7.26. The lowest BCUT2D eigenvalue weighted by Gasteiger charge is -2.34. The van der Waals surface area contributed by atoms with Crippen molar-refractivity contribution in [2.24, 2.45) is 0 Å². The lowest BCUT2D eigenvalue weighted by molar-refractivity contribution is 0.208. The van der Waals surface area contributed by atoms with Crippen molar-refractivity contribution in [2.45, 2.75) is 0 Å². The highest BCUT2D eigenvalue weighted by atomic mass is 16.2. The molecule has 7 nitrogen and oxygen atoms in total. The molecule has 2 amide bonds. The molecule has 1 aromatic carbocycles. The van der Waals surface area contributed by atoms with Crippen molar-refractivity contribution in [3.8, 4) is 11.3 Å². The molecular formula is C19H20N6O. The highest BCUT2D eigenvalue weighted by molar-refractivity contribution is 5.89. The van der Waals surface area contributed by atoms with Gasteiger partial charge in [-0.15, -0.1) is 0 Å². The number of amides is 2. The summed E-state index contributed by atoms with van der Waals surface area (Å²) < 4.78 is 0. The number of carbonyl (C=O) groups is 1.